The molecule has 5 aromatic rings. The molecule has 2 aromatic carbocycles. The first-order chi connectivity index (χ1) is 15.2. The Labute approximate surface area is 177 Å². The molecule has 9 heteroatoms. The molecule has 0 aliphatic carbocycles. The normalized spacial score (nSPS) is 11.3. The summed E-state index contributed by atoms with van der Waals surface area (Å²) < 4.78 is 8.34. The van der Waals surface area contributed by atoms with Crippen molar-refractivity contribution in [1.82, 2.24) is 34.7 Å². The summed E-state index contributed by atoms with van der Waals surface area (Å²) in [4.78, 5) is 21.7. The molecule has 0 amide bonds. The highest BCUT2D eigenvalue weighted by Crippen LogP contribution is 2.17. The van der Waals surface area contributed by atoms with E-state index in [9.17, 15) is 4.79 Å². The van der Waals surface area contributed by atoms with E-state index in [-0.39, 0.29) is 17.6 Å². The van der Waals surface area contributed by atoms with Gasteiger partial charge < -0.3 is 4.52 Å². The monoisotopic (exact) mass is 413 g/mol. The second kappa shape index (κ2) is 7.94. The van der Waals surface area contributed by atoms with Gasteiger partial charge in [-0.1, -0.05) is 71.9 Å². The molecule has 3 heterocycles. The maximum atomic E-state index is 12.9. The van der Waals surface area contributed by atoms with Crippen LogP contribution in [-0.4, -0.2) is 34.7 Å². The first kappa shape index (κ1) is 18.9. The van der Waals surface area contributed by atoms with Gasteiger partial charge in [-0.2, -0.15) is 4.98 Å². The van der Waals surface area contributed by atoms with Crippen LogP contribution in [0.5, 0.6) is 0 Å². The van der Waals surface area contributed by atoms with Crippen LogP contribution in [0.3, 0.4) is 0 Å². The Balaban J connectivity index is 1.39. The van der Waals surface area contributed by atoms with Gasteiger partial charge in [0.2, 0.25) is 11.7 Å². The smallest absolute Gasteiger partial charge is 0.283 e. The van der Waals surface area contributed by atoms with E-state index in [0.29, 0.717) is 23.9 Å². The van der Waals surface area contributed by atoms with Gasteiger partial charge in [0.05, 0.1) is 6.54 Å². The molecule has 0 bridgehead atoms. The predicted molar refractivity (Wildman–Crippen MR) is 113 cm³/mol. The van der Waals surface area contributed by atoms with Gasteiger partial charge in [0.25, 0.3) is 5.56 Å². The molecule has 0 unspecified atom stereocenters. The van der Waals surface area contributed by atoms with Crippen molar-refractivity contribution >= 4 is 11.2 Å². The zero-order valence-corrected chi connectivity index (χ0v) is 16.8. The lowest BCUT2D eigenvalue weighted by atomic mass is 10.1. The van der Waals surface area contributed by atoms with Gasteiger partial charge in [-0.05, 0) is 17.5 Å². The highest BCUT2D eigenvalue weighted by atomic mass is 16.5. The van der Waals surface area contributed by atoms with Crippen molar-refractivity contribution in [2.45, 2.75) is 26.4 Å². The summed E-state index contributed by atoms with van der Waals surface area (Å²) in [6, 6.07) is 17.8. The van der Waals surface area contributed by atoms with Crippen LogP contribution in [0, 0.1) is 0 Å². The zero-order valence-electron chi connectivity index (χ0n) is 16.8. The largest absolute Gasteiger partial charge is 0.337 e. The summed E-state index contributed by atoms with van der Waals surface area (Å²) >= 11 is 0. The highest BCUT2D eigenvalue weighted by molar-refractivity contribution is 5.67. The van der Waals surface area contributed by atoms with E-state index in [1.54, 1.807) is 4.68 Å². The number of aromatic nitrogens is 7. The molecule has 9 nitrogen and oxygen atoms in total. The number of nitrogens with zero attached hydrogens (tertiary/aromatic N) is 7. The summed E-state index contributed by atoms with van der Waals surface area (Å²) in [5.41, 5.74) is 3.47. The average molecular weight is 413 g/mol. The van der Waals surface area contributed by atoms with E-state index in [1.807, 2.05) is 54.6 Å². The van der Waals surface area contributed by atoms with E-state index in [2.05, 4.69) is 32.4 Å². The van der Waals surface area contributed by atoms with Gasteiger partial charge in [-0.3, -0.25) is 9.36 Å². The van der Waals surface area contributed by atoms with E-state index >= 15 is 0 Å². The third-order valence-electron chi connectivity index (χ3n) is 5.06. The molecule has 5 rings (SSSR count). The van der Waals surface area contributed by atoms with Crippen molar-refractivity contribution in [3.8, 4) is 11.4 Å². The molecule has 0 N–H and O–H groups in total. The Kier molecular flexibility index (Phi) is 4.83. The van der Waals surface area contributed by atoms with Crippen LogP contribution in [0.4, 0.5) is 0 Å². The Morgan fingerprint density at radius 2 is 1.77 bits per heavy atom. The summed E-state index contributed by atoms with van der Waals surface area (Å²) in [6.07, 6.45) is 2.42. The van der Waals surface area contributed by atoms with Crippen molar-refractivity contribution in [3.63, 3.8) is 0 Å². The zero-order chi connectivity index (χ0) is 21.2. The van der Waals surface area contributed by atoms with Crippen LogP contribution >= 0.6 is 0 Å². The Morgan fingerprint density at radius 1 is 0.968 bits per heavy atom. The molecule has 3 aromatic heterocycles. The minimum Gasteiger partial charge on any atom is -0.337 e. The third-order valence-corrected chi connectivity index (χ3v) is 5.06. The van der Waals surface area contributed by atoms with E-state index < -0.39 is 0 Å². The van der Waals surface area contributed by atoms with Gasteiger partial charge in [0, 0.05) is 5.56 Å². The van der Waals surface area contributed by atoms with Crippen LogP contribution < -0.4 is 5.56 Å². The van der Waals surface area contributed by atoms with Gasteiger partial charge in [0.15, 0.2) is 11.2 Å². The van der Waals surface area contributed by atoms with Crippen LogP contribution in [0.2, 0.25) is 0 Å². The molecule has 0 saturated carbocycles. The lowest BCUT2D eigenvalue weighted by molar-refractivity contribution is 0.369. The second-order valence-electron chi connectivity index (χ2n) is 7.14. The number of hydrogen-bond donors (Lipinski definition) is 0. The lowest BCUT2D eigenvalue weighted by Gasteiger charge is -2.03. The number of rotatable bonds is 6. The average Bonchev–Trinajstić information content (AvgIpc) is 3.44. The molecule has 0 aliphatic heterocycles. The maximum Gasteiger partial charge on any atom is 0.283 e. The summed E-state index contributed by atoms with van der Waals surface area (Å²) in [6.45, 7) is 2.69. The lowest BCUT2D eigenvalue weighted by Crippen LogP contribution is -2.21. The minimum absolute atomic E-state index is 0.105. The summed E-state index contributed by atoms with van der Waals surface area (Å²) in [5.74, 6) is 0.794. The quantitative estimate of drug-likeness (QED) is 0.421. The fraction of sp³-hybridized carbons (Fsp3) is 0.182. The third kappa shape index (κ3) is 3.73. The fourth-order valence-corrected chi connectivity index (χ4v) is 3.33. The molecule has 0 saturated heterocycles. The van der Waals surface area contributed by atoms with Crippen LogP contribution in [0.1, 0.15) is 23.9 Å². The SMILES string of the molecule is CCc1ccc(-c2noc(Cn3cnc4c(nnn4Cc4ccccc4)c3=O)n2)cc1. The molecule has 0 spiro atoms. The van der Waals surface area contributed by atoms with Gasteiger partial charge in [0.1, 0.15) is 12.9 Å². The first-order valence-corrected chi connectivity index (χ1v) is 9.95. The van der Waals surface area contributed by atoms with E-state index in [0.717, 1.165) is 17.5 Å². The van der Waals surface area contributed by atoms with Crippen molar-refractivity contribution in [1.29, 1.82) is 0 Å². The van der Waals surface area contributed by atoms with Crippen molar-refractivity contribution in [2.24, 2.45) is 0 Å². The summed E-state index contributed by atoms with van der Waals surface area (Å²) in [5, 5.41) is 12.2. The van der Waals surface area contributed by atoms with Gasteiger partial charge >= 0.3 is 0 Å². The molecular formula is C22H19N7O2. The molecule has 0 aliphatic rings. The molecular weight excluding hydrogens is 394 g/mol. The van der Waals surface area contributed by atoms with E-state index in [1.165, 1.54) is 16.5 Å². The maximum absolute atomic E-state index is 12.9. The van der Waals surface area contributed by atoms with Gasteiger partial charge in [-0.25, -0.2) is 9.67 Å². The molecule has 31 heavy (non-hydrogen) atoms. The Morgan fingerprint density at radius 3 is 2.55 bits per heavy atom. The molecule has 0 atom stereocenters. The van der Waals surface area contributed by atoms with Gasteiger partial charge in [-0.15, -0.1) is 5.10 Å². The topological polar surface area (TPSA) is 105 Å². The number of hydrogen-bond acceptors (Lipinski definition) is 7. The Hall–Kier alpha value is -4.14. The molecule has 0 radical (unpaired) electrons. The standard InChI is InChI=1S/C22H19N7O2/c1-2-15-8-10-17(11-9-15)20-24-18(31-26-20)13-28-14-23-21-19(22(28)30)25-27-29(21)12-16-6-4-3-5-7-16/h3-11,14H,2,12-13H2,1H3. The number of benzene rings is 2. The summed E-state index contributed by atoms with van der Waals surface area (Å²) in [7, 11) is 0. The highest BCUT2D eigenvalue weighted by Gasteiger charge is 2.15. The van der Waals surface area contributed by atoms with Crippen LogP contribution in [-0.2, 0) is 19.5 Å². The molecule has 154 valence electrons. The molecule has 0 fully saturated rings. The van der Waals surface area contributed by atoms with Crippen molar-refractivity contribution in [3.05, 3.63) is 88.3 Å². The predicted octanol–water partition coefficient (Wildman–Crippen LogP) is 2.70. The number of aryl methyl sites for hydroxylation is 1. The second-order valence-corrected chi connectivity index (χ2v) is 7.14. The van der Waals surface area contributed by atoms with Crippen LogP contribution in [0.25, 0.3) is 22.6 Å². The van der Waals surface area contributed by atoms with Crippen molar-refractivity contribution < 1.29 is 4.52 Å². The minimum atomic E-state index is -0.309. The van der Waals surface area contributed by atoms with Crippen LogP contribution in [0.15, 0.2) is 70.2 Å². The first-order valence-electron chi connectivity index (χ1n) is 9.95. The van der Waals surface area contributed by atoms with Crippen molar-refractivity contribution in [2.75, 3.05) is 0 Å². The Bertz CT molecular complexity index is 1390. The fourth-order valence-electron chi connectivity index (χ4n) is 3.33. The van der Waals surface area contributed by atoms with E-state index in [4.69, 9.17) is 4.52 Å². The number of fused-ring (bicyclic) bond motifs is 1.